The highest BCUT2D eigenvalue weighted by Gasteiger charge is 2.16. The molecule has 3 rings (SSSR count). The fourth-order valence-electron chi connectivity index (χ4n) is 2.65. The zero-order valence-corrected chi connectivity index (χ0v) is 15.2. The number of nitrogens with one attached hydrogen (secondary N) is 1. The molecule has 0 fully saturated rings. The third-order valence-corrected chi connectivity index (χ3v) is 3.93. The first-order valence-electron chi connectivity index (χ1n) is 8.47. The molecule has 0 atom stereocenters. The van der Waals surface area contributed by atoms with E-state index in [0.29, 0.717) is 35.1 Å². The van der Waals surface area contributed by atoms with Gasteiger partial charge in [-0.05, 0) is 36.8 Å². The number of rotatable bonds is 5. The van der Waals surface area contributed by atoms with E-state index in [9.17, 15) is 4.79 Å². The molecule has 27 heavy (non-hydrogen) atoms. The van der Waals surface area contributed by atoms with Crippen LogP contribution in [0, 0.1) is 18.3 Å². The van der Waals surface area contributed by atoms with Crippen LogP contribution in [-0.2, 0) is 6.54 Å². The molecule has 6 heteroatoms. The van der Waals surface area contributed by atoms with Crippen LogP contribution in [0.5, 0.6) is 0 Å². The highest BCUT2D eigenvalue weighted by molar-refractivity contribution is 5.92. The van der Waals surface area contributed by atoms with E-state index in [1.165, 1.54) is 0 Å². The number of nitrogens with zero attached hydrogens (tertiary/aromatic N) is 4. The number of hydrogen-bond donors (Lipinski definition) is 1. The predicted octanol–water partition coefficient (Wildman–Crippen LogP) is 3.67. The Balaban J connectivity index is 1.80. The van der Waals surface area contributed by atoms with E-state index in [4.69, 9.17) is 5.26 Å². The number of carbonyl (C=O) groups excluding carboxylic acids is 1. The van der Waals surface area contributed by atoms with E-state index < -0.39 is 0 Å². The third-order valence-electron chi connectivity index (χ3n) is 3.93. The molecule has 0 radical (unpaired) electrons. The van der Waals surface area contributed by atoms with Gasteiger partial charge in [0.15, 0.2) is 0 Å². The third kappa shape index (κ3) is 4.67. The Morgan fingerprint density at radius 1 is 1.11 bits per heavy atom. The van der Waals surface area contributed by atoms with Gasteiger partial charge in [-0.15, -0.1) is 0 Å². The SMILES string of the molecule is Cc1cc(C(=O)N(C)Cc2ccccc2)nc(Nc2cccc(C#N)c2)n1. The molecule has 2 aromatic carbocycles. The lowest BCUT2D eigenvalue weighted by molar-refractivity contribution is 0.0779. The number of aryl methyl sites for hydroxylation is 1. The van der Waals surface area contributed by atoms with Crippen LogP contribution in [0.25, 0.3) is 0 Å². The Labute approximate surface area is 158 Å². The lowest BCUT2D eigenvalue weighted by atomic mass is 10.2. The lowest BCUT2D eigenvalue weighted by Crippen LogP contribution is -2.27. The monoisotopic (exact) mass is 357 g/mol. The molecule has 0 saturated carbocycles. The minimum atomic E-state index is -0.182. The van der Waals surface area contributed by atoms with Crippen molar-refractivity contribution in [2.45, 2.75) is 13.5 Å². The Hall–Kier alpha value is -3.72. The summed E-state index contributed by atoms with van der Waals surface area (Å²) in [6.45, 7) is 2.31. The molecule has 0 bridgehead atoms. The highest BCUT2D eigenvalue weighted by atomic mass is 16.2. The first kappa shape index (κ1) is 18.1. The highest BCUT2D eigenvalue weighted by Crippen LogP contribution is 2.16. The number of anilines is 2. The van der Waals surface area contributed by atoms with Gasteiger partial charge in [0.25, 0.3) is 5.91 Å². The molecule has 0 aliphatic carbocycles. The van der Waals surface area contributed by atoms with Gasteiger partial charge in [0.05, 0.1) is 11.6 Å². The van der Waals surface area contributed by atoms with Gasteiger partial charge in [0.2, 0.25) is 5.95 Å². The van der Waals surface area contributed by atoms with Crippen molar-refractivity contribution < 1.29 is 4.79 Å². The molecule has 6 nitrogen and oxygen atoms in total. The Morgan fingerprint density at radius 3 is 2.63 bits per heavy atom. The van der Waals surface area contributed by atoms with E-state index in [1.54, 1.807) is 36.2 Å². The molecule has 0 spiro atoms. The maximum absolute atomic E-state index is 12.8. The Morgan fingerprint density at radius 2 is 1.89 bits per heavy atom. The smallest absolute Gasteiger partial charge is 0.272 e. The predicted molar refractivity (Wildman–Crippen MR) is 103 cm³/mol. The second-order valence-electron chi connectivity index (χ2n) is 6.18. The summed E-state index contributed by atoms with van der Waals surface area (Å²) < 4.78 is 0. The van der Waals surface area contributed by atoms with Crippen molar-refractivity contribution >= 4 is 17.5 Å². The summed E-state index contributed by atoms with van der Waals surface area (Å²) in [6, 6.07) is 20.6. The minimum Gasteiger partial charge on any atom is -0.336 e. The summed E-state index contributed by atoms with van der Waals surface area (Å²) in [6.07, 6.45) is 0. The minimum absolute atomic E-state index is 0.182. The first-order valence-corrected chi connectivity index (χ1v) is 8.47. The van der Waals surface area contributed by atoms with Crippen molar-refractivity contribution in [1.29, 1.82) is 5.26 Å². The summed E-state index contributed by atoms with van der Waals surface area (Å²) in [7, 11) is 1.75. The van der Waals surface area contributed by atoms with Crippen LogP contribution in [0.1, 0.15) is 27.3 Å². The Kier molecular flexibility index (Phi) is 5.43. The number of nitriles is 1. The first-order chi connectivity index (χ1) is 13.0. The van der Waals surface area contributed by atoms with Crippen LogP contribution >= 0.6 is 0 Å². The molecule has 0 aliphatic rings. The topological polar surface area (TPSA) is 81.9 Å². The maximum atomic E-state index is 12.8. The van der Waals surface area contributed by atoms with Gasteiger partial charge in [-0.25, -0.2) is 9.97 Å². The van der Waals surface area contributed by atoms with E-state index in [-0.39, 0.29) is 5.91 Å². The quantitative estimate of drug-likeness (QED) is 0.753. The largest absolute Gasteiger partial charge is 0.336 e. The lowest BCUT2D eigenvalue weighted by Gasteiger charge is -2.17. The molecular weight excluding hydrogens is 338 g/mol. The molecule has 0 aliphatic heterocycles. The Bertz CT molecular complexity index is 995. The van der Waals surface area contributed by atoms with Crippen molar-refractivity contribution in [2.24, 2.45) is 0 Å². The summed E-state index contributed by atoms with van der Waals surface area (Å²) in [5.41, 5.74) is 3.27. The summed E-state index contributed by atoms with van der Waals surface area (Å²) in [5.74, 6) is 0.139. The van der Waals surface area contributed by atoms with Crippen molar-refractivity contribution in [3.63, 3.8) is 0 Å². The normalized spacial score (nSPS) is 10.1. The van der Waals surface area contributed by atoms with Crippen molar-refractivity contribution in [2.75, 3.05) is 12.4 Å². The van der Waals surface area contributed by atoms with Crippen LogP contribution in [-0.4, -0.2) is 27.8 Å². The van der Waals surface area contributed by atoms with Gasteiger partial charge in [-0.2, -0.15) is 5.26 Å². The second-order valence-corrected chi connectivity index (χ2v) is 6.18. The van der Waals surface area contributed by atoms with Gasteiger partial charge in [0, 0.05) is 25.0 Å². The molecule has 3 aromatic rings. The number of benzene rings is 2. The molecule has 0 unspecified atom stereocenters. The molecule has 1 N–H and O–H groups in total. The number of amides is 1. The van der Waals surface area contributed by atoms with Gasteiger partial charge in [-0.1, -0.05) is 36.4 Å². The van der Waals surface area contributed by atoms with Gasteiger partial charge < -0.3 is 10.2 Å². The zero-order valence-electron chi connectivity index (χ0n) is 15.2. The van der Waals surface area contributed by atoms with E-state index in [2.05, 4.69) is 21.4 Å². The van der Waals surface area contributed by atoms with Crippen LogP contribution in [0.15, 0.2) is 60.7 Å². The second kappa shape index (κ2) is 8.11. The van der Waals surface area contributed by atoms with Crippen molar-refractivity contribution in [3.8, 4) is 6.07 Å². The summed E-state index contributed by atoms with van der Waals surface area (Å²) in [5, 5.41) is 12.1. The van der Waals surface area contributed by atoms with Crippen LogP contribution in [0.3, 0.4) is 0 Å². The van der Waals surface area contributed by atoms with Crippen molar-refractivity contribution in [3.05, 3.63) is 83.2 Å². The standard InChI is InChI=1S/C21H19N5O/c1-15-11-19(20(27)26(2)14-16-7-4-3-5-8-16)25-21(23-15)24-18-10-6-9-17(12-18)13-22/h3-12H,14H2,1-2H3,(H,23,24,25). The fourth-order valence-corrected chi connectivity index (χ4v) is 2.65. The average molecular weight is 357 g/mol. The van der Waals surface area contributed by atoms with E-state index in [0.717, 1.165) is 5.56 Å². The number of carbonyl (C=O) groups is 1. The molecule has 1 aromatic heterocycles. The van der Waals surface area contributed by atoms with Crippen LogP contribution < -0.4 is 5.32 Å². The average Bonchev–Trinajstić information content (AvgIpc) is 2.67. The van der Waals surface area contributed by atoms with Crippen LogP contribution in [0.2, 0.25) is 0 Å². The fraction of sp³-hybridized carbons (Fsp3) is 0.143. The van der Waals surface area contributed by atoms with Gasteiger partial charge in [-0.3, -0.25) is 4.79 Å². The summed E-state index contributed by atoms with van der Waals surface area (Å²) >= 11 is 0. The van der Waals surface area contributed by atoms with Gasteiger partial charge in [0.1, 0.15) is 5.69 Å². The van der Waals surface area contributed by atoms with Crippen LogP contribution in [0.4, 0.5) is 11.6 Å². The molecule has 0 saturated heterocycles. The van der Waals surface area contributed by atoms with Gasteiger partial charge >= 0.3 is 0 Å². The molecule has 1 amide bonds. The zero-order chi connectivity index (χ0) is 19.2. The summed E-state index contributed by atoms with van der Waals surface area (Å²) in [4.78, 5) is 23.1. The molecule has 1 heterocycles. The maximum Gasteiger partial charge on any atom is 0.272 e. The number of hydrogen-bond acceptors (Lipinski definition) is 5. The molecular formula is C21H19N5O. The van der Waals surface area contributed by atoms with E-state index in [1.807, 2.05) is 43.3 Å². The van der Waals surface area contributed by atoms with Crippen molar-refractivity contribution in [1.82, 2.24) is 14.9 Å². The van der Waals surface area contributed by atoms with E-state index >= 15 is 0 Å². The number of aromatic nitrogens is 2. The molecule has 134 valence electrons.